The van der Waals surface area contributed by atoms with E-state index in [1.54, 1.807) is 12.3 Å². The number of ether oxygens (including phenoxy) is 2. The lowest BCUT2D eigenvalue weighted by atomic mass is 10.0. The molecule has 1 aromatic heterocycles. The van der Waals surface area contributed by atoms with Crippen molar-refractivity contribution in [2.24, 2.45) is 0 Å². The molecule has 0 aliphatic carbocycles. The molecule has 7 heteroatoms. The molecule has 1 aliphatic rings. The van der Waals surface area contributed by atoms with Crippen LogP contribution in [0.5, 0.6) is 5.75 Å². The van der Waals surface area contributed by atoms with E-state index in [0.717, 1.165) is 5.69 Å². The van der Waals surface area contributed by atoms with Gasteiger partial charge in [-0.1, -0.05) is 17.7 Å². The molecule has 0 bridgehead atoms. The number of aromatic nitrogens is 1. The number of amides is 1. The first kappa shape index (κ1) is 18.6. The van der Waals surface area contributed by atoms with Crippen LogP contribution in [0, 0.1) is 12.7 Å². The maximum Gasteiger partial charge on any atom is 0.224 e. The molecule has 1 aromatic carbocycles. The summed E-state index contributed by atoms with van der Waals surface area (Å²) in [6.07, 6.45) is 1.79. The first-order chi connectivity index (χ1) is 12.5. The van der Waals surface area contributed by atoms with Gasteiger partial charge in [0.05, 0.1) is 25.3 Å². The van der Waals surface area contributed by atoms with Crippen molar-refractivity contribution in [2.75, 3.05) is 13.2 Å². The molecule has 138 valence electrons. The summed E-state index contributed by atoms with van der Waals surface area (Å²) >= 11 is 5.99. The molecule has 1 N–H and O–H groups in total. The van der Waals surface area contributed by atoms with E-state index >= 15 is 0 Å². The van der Waals surface area contributed by atoms with Gasteiger partial charge in [0.1, 0.15) is 17.7 Å². The predicted molar refractivity (Wildman–Crippen MR) is 95.9 cm³/mol. The number of hydrogen-bond acceptors (Lipinski definition) is 4. The summed E-state index contributed by atoms with van der Waals surface area (Å²) in [4.78, 5) is 16.6. The van der Waals surface area contributed by atoms with Crippen LogP contribution in [0.15, 0.2) is 36.5 Å². The van der Waals surface area contributed by atoms with Gasteiger partial charge in [0.25, 0.3) is 0 Å². The lowest BCUT2D eigenvalue weighted by Crippen LogP contribution is -2.51. The molecule has 2 aromatic rings. The van der Waals surface area contributed by atoms with Crippen molar-refractivity contribution in [1.29, 1.82) is 0 Å². The highest BCUT2D eigenvalue weighted by molar-refractivity contribution is 6.31. The van der Waals surface area contributed by atoms with Gasteiger partial charge in [-0.25, -0.2) is 4.39 Å². The van der Waals surface area contributed by atoms with Crippen molar-refractivity contribution in [1.82, 2.24) is 10.3 Å². The van der Waals surface area contributed by atoms with Gasteiger partial charge in [-0.15, -0.1) is 0 Å². The van der Waals surface area contributed by atoms with Crippen molar-refractivity contribution in [3.63, 3.8) is 0 Å². The third kappa shape index (κ3) is 4.71. The fourth-order valence-corrected chi connectivity index (χ4v) is 3.04. The van der Waals surface area contributed by atoms with Gasteiger partial charge in [-0.2, -0.15) is 0 Å². The number of aryl methyl sites for hydroxylation is 1. The largest absolute Gasteiger partial charge is 0.484 e. The van der Waals surface area contributed by atoms with E-state index in [-0.39, 0.29) is 35.1 Å². The summed E-state index contributed by atoms with van der Waals surface area (Å²) in [5.41, 5.74) is 1.09. The zero-order chi connectivity index (χ0) is 18.5. The average Bonchev–Trinajstić information content (AvgIpc) is 2.62. The number of carbonyl (C=O) groups excluding carboxylic acids is 1. The average molecular weight is 379 g/mol. The molecule has 0 saturated carbocycles. The number of hydrogen-bond donors (Lipinski definition) is 1. The SMILES string of the molecule is Cc1ccc(O[C@H]2COCC[C@H]2NC(=O)Cc2c(F)cccc2Cl)cn1. The Bertz CT molecular complexity index is 750. The standard InChI is InChI=1S/C19H20ClFN2O3/c1-12-5-6-13(10-22-12)26-18-11-25-8-7-17(18)23-19(24)9-14-15(20)3-2-4-16(14)21/h2-6,10,17-18H,7-9,11H2,1H3,(H,23,24)/t17-,18+/m1/s1. The minimum absolute atomic E-state index is 0.123. The predicted octanol–water partition coefficient (Wildman–Crippen LogP) is 3.08. The maximum absolute atomic E-state index is 13.9. The second-order valence-electron chi connectivity index (χ2n) is 6.21. The molecule has 0 unspecified atom stereocenters. The van der Waals surface area contributed by atoms with Crippen LogP contribution < -0.4 is 10.1 Å². The molecule has 2 heterocycles. The number of nitrogens with one attached hydrogen (secondary N) is 1. The van der Waals surface area contributed by atoms with E-state index in [4.69, 9.17) is 21.1 Å². The third-order valence-corrected chi connectivity index (χ3v) is 4.58. The van der Waals surface area contributed by atoms with Gasteiger partial charge in [-0.3, -0.25) is 9.78 Å². The summed E-state index contributed by atoms with van der Waals surface area (Å²) in [6, 6.07) is 7.82. The molecular weight excluding hydrogens is 359 g/mol. The molecule has 2 atom stereocenters. The molecule has 1 fully saturated rings. The van der Waals surface area contributed by atoms with Crippen LogP contribution in [-0.2, 0) is 16.0 Å². The molecule has 5 nitrogen and oxygen atoms in total. The van der Waals surface area contributed by atoms with E-state index in [0.29, 0.717) is 25.4 Å². The zero-order valence-electron chi connectivity index (χ0n) is 14.4. The quantitative estimate of drug-likeness (QED) is 0.868. The second kappa shape index (κ2) is 8.47. The summed E-state index contributed by atoms with van der Waals surface area (Å²) in [5, 5.41) is 3.16. The zero-order valence-corrected chi connectivity index (χ0v) is 15.1. The van der Waals surface area contributed by atoms with Crippen LogP contribution in [0.25, 0.3) is 0 Å². The Morgan fingerprint density at radius 3 is 3.00 bits per heavy atom. The van der Waals surface area contributed by atoms with Crippen LogP contribution in [0.1, 0.15) is 17.7 Å². The minimum Gasteiger partial charge on any atom is -0.484 e. The fourth-order valence-electron chi connectivity index (χ4n) is 2.81. The van der Waals surface area contributed by atoms with Gasteiger partial charge in [0.2, 0.25) is 5.91 Å². The van der Waals surface area contributed by atoms with Crippen molar-refractivity contribution in [3.8, 4) is 5.75 Å². The van der Waals surface area contributed by atoms with Crippen LogP contribution >= 0.6 is 11.6 Å². The molecule has 1 amide bonds. The van der Waals surface area contributed by atoms with Crippen LogP contribution in [0.4, 0.5) is 4.39 Å². The lowest BCUT2D eigenvalue weighted by molar-refractivity contribution is -0.123. The van der Waals surface area contributed by atoms with E-state index in [1.165, 1.54) is 12.1 Å². The summed E-state index contributed by atoms with van der Waals surface area (Å²) in [7, 11) is 0. The Balaban J connectivity index is 1.64. The number of pyridine rings is 1. The van der Waals surface area contributed by atoms with Gasteiger partial charge >= 0.3 is 0 Å². The number of nitrogens with zero attached hydrogens (tertiary/aromatic N) is 1. The van der Waals surface area contributed by atoms with E-state index in [9.17, 15) is 9.18 Å². The molecule has 26 heavy (non-hydrogen) atoms. The Morgan fingerprint density at radius 1 is 1.42 bits per heavy atom. The molecule has 3 rings (SSSR count). The fraction of sp³-hybridized carbons (Fsp3) is 0.368. The highest BCUT2D eigenvalue weighted by Crippen LogP contribution is 2.21. The normalized spacial score (nSPS) is 19.8. The van der Waals surface area contributed by atoms with Crippen molar-refractivity contribution in [3.05, 3.63) is 58.6 Å². The van der Waals surface area contributed by atoms with Gasteiger partial charge in [0.15, 0.2) is 0 Å². The topological polar surface area (TPSA) is 60.5 Å². The van der Waals surface area contributed by atoms with E-state index in [2.05, 4.69) is 10.3 Å². The maximum atomic E-state index is 13.9. The van der Waals surface area contributed by atoms with Crippen molar-refractivity contribution >= 4 is 17.5 Å². The monoisotopic (exact) mass is 378 g/mol. The molecule has 1 aliphatic heterocycles. The summed E-state index contributed by atoms with van der Waals surface area (Å²) in [5.74, 6) is -0.180. The van der Waals surface area contributed by atoms with E-state index in [1.807, 2.05) is 19.1 Å². The van der Waals surface area contributed by atoms with Crippen LogP contribution in [0.3, 0.4) is 0 Å². The number of benzene rings is 1. The van der Waals surface area contributed by atoms with Crippen molar-refractivity contribution < 1.29 is 18.7 Å². The second-order valence-corrected chi connectivity index (χ2v) is 6.61. The highest BCUT2D eigenvalue weighted by atomic mass is 35.5. The highest BCUT2D eigenvalue weighted by Gasteiger charge is 2.29. The third-order valence-electron chi connectivity index (χ3n) is 4.22. The Hall–Kier alpha value is -2.18. The van der Waals surface area contributed by atoms with Gasteiger partial charge in [0, 0.05) is 22.9 Å². The number of halogens is 2. The summed E-state index contributed by atoms with van der Waals surface area (Å²) < 4.78 is 25.3. The van der Waals surface area contributed by atoms with Gasteiger partial charge < -0.3 is 14.8 Å². The number of carbonyl (C=O) groups is 1. The number of rotatable bonds is 5. The molecule has 0 radical (unpaired) electrons. The van der Waals surface area contributed by atoms with Crippen LogP contribution in [-0.4, -0.2) is 36.3 Å². The lowest BCUT2D eigenvalue weighted by Gasteiger charge is -2.32. The van der Waals surface area contributed by atoms with Crippen LogP contribution in [0.2, 0.25) is 5.02 Å². The smallest absolute Gasteiger partial charge is 0.224 e. The Kier molecular flexibility index (Phi) is 6.06. The first-order valence-corrected chi connectivity index (χ1v) is 8.80. The van der Waals surface area contributed by atoms with E-state index < -0.39 is 5.82 Å². The Labute approximate surface area is 156 Å². The summed E-state index contributed by atoms with van der Waals surface area (Å²) in [6.45, 7) is 2.78. The molecule has 0 spiro atoms. The molecule has 1 saturated heterocycles. The minimum atomic E-state index is -0.488. The first-order valence-electron chi connectivity index (χ1n) is 8.42. The van der Waals surface area contributed by atoms with Gasteiger partial charge in [-0.05, 0) is 37.6 Å². The molecular formula is C19H20ClFN2O3. The Morgan fingerprint density at radius 2 is 2.27 bits per heavy atom. The van der Waals surface area contributed by atoms with Crippen molar-refractivity contribution in [2.45, 2.75) is 31.9 Å².